The van der Waals surface area contributed by atoms with Crippen molar-refractivity contribution in [2.45, 2.75) is 11.8 Å². The Labute approximate surface area is 81.4 Å². The molecule has 66 valence electrons. The molecule has 0 radical (unpaired) electrons. The summed E-state index contributed by atoms with van der Waals surface area (Å²) in [7, 11) is 0. The van der Waals surface area contributed by atoms with Crippen molar-refractivity contribution in [1.29, 1.82) is 0 Å². The number of benzene rings is 1. The van der Waals surface area contributed by atoms with Gasteiger partial charge in [0.25, 0.3) is 0 Å². The van der Waals surface area contributed by atoms with Crippen molar-refractivity contribution >= 4 is 34.6 Å². The van der Waals surface area contributed by atoms with Crippen molar-refractivity contribution in [3.05, 3.63) is 23.3 Å². The zero-order valence-electron chi connectivity index (χ0n) is 6.48. The van der Waals surface area contributed by atoms with Crippen LogP contribution in [0.5, 0.6) is 0 Å². The molecule has 0 spiro atoms. The maximum atomic E-state index is 5.68. The Morgan fingerprint density at radius 1 is 0.917 bits per heavy atom. The van der Waals surface area contributed by atoms with Gasteiger partial charge in [-0.15, -0.1) is 23.2 Å². The Morgan fingerprint density at radius 2 is 1.25 bits per heavy atom. The van der Waals surface area contributed by atoms with Crippen molar-refractivity contribution in [2.24, 2.45) is 0 Å². The summed E-state index contributed by atoms with van der Waals surface area (Å²) in [5.74, 6) is 0.819. The lowest BCUT2D eigenvalue weighted by Crippen LogP contribution is -1.98. The van der Waals surface area contributed by atoms with Crippen LogP contribution in [0.4, 0.5) is 11.4 Å². The van der Waals surface area contributed by atoms with Crippen LogP contribution in [0.1, 0.15) is 11.1 Å². The average Bonchev–Trinajstić information content (AvgIpc) is 2.09. The number of alkyl halides is 2. The van der Waals surface area contributed by atoms with E-state index < -0.39 is 0 Å². The van der Waals surface area contributed by atoms with Gasteiger partial charge in [0.15, 0.2) is 0 Å². The van der Waals surface area contributed by atoms with Crippen LogP contribution in [-0.4, -0.2) is 0 Å². The predicted molar refractivity (Wildman–Crippen MR) is 54.4 cm³/mol. The average molecular weight is 205 g/mol. The smallest absolute Gasteiger partial charge is 0.0551 e. The minimum atomic E-state index is 0.409. The van der Waals surface area contributed by atoms with Crippen LogP contribution in [-0.2, 0) is 11.8 Å². The molecule has 1 rings (SSSR count). The molecule has 2 nitrogen and oxygen atoms in total. The molecule has 0 amide bonds. The minimum absolute atomic E-state index is 0.409. The summed E-state index contributed by atoms with van der Waals surface area (Å²) in [5.41, 5.74) is 14.2. The van der Waals surface area contributed by atoms with E-state index in [1.807, 2.05) is 0 Å². The van der Waals surface area contributed by atoms with Crippen LogP contribution in [0.3, 0.4) is 0 Å². The normalized spacial score (nSPS) is 10.2. The van der Waals surface area contributed by atoms with Crippen molar-refractivity contribution in [3.8, 4) is 0 Å². The Balaban J connectivity index is 3.19. The molecule has 0 saturated heterocycles. The first kappa shape index (κ1) is 9.49. The SMILES string of the molecule is Nc1cc(CCl)c(CCl)cc1N. The highest BCUT2D eigenvalue weighted by Crippen LogP contribution is 2.23. The number of anilines is 2. The van der Waals surface area contributed by atoms with Crippen LogP contribution < -0.4 is 11.5 Å². The molecule has 4 heteroatoms. The third-order valence-electron chi connectivity index (χ3n) is 1.69. The maximum absolute atomic E-state index is 5.68. The number of halogens is 2. The fourth-order valence-electron chi connectivity index (χ4n) is 0.976. The lowest BCUT2D eigenvalue weighted by atomic mass is 10.1. The summed E-state index contributed by atoms with van der Waals surface area (Å²) in [6.07, 6.45) is 0. The standard InChI is InChI=1S/C8H10Cl2N2/c9-3-5-1-7(11)8(12)2-6(5)4-10/h1-2H,3-4,11-12H2. The molecule has 0 bridgehead atoms. The van der Waals surface area contributed by atoms with Crippen LogP contribution >= 0.6 is 23.2 Å². The Bertz CT molecular complexity index is 258. The molecule has 0 fully saturated rings. The molecule has 1 aromatic rings. The van der Waals surface area contributed by atoms with Crippen LogP contribution in [0, 0.1) is 0 Å². The van der Waals surface area contributed by atoms with Gasteiger partial charge in [-0.2, -0.15) is 0 Å². The molecule has 0 aliphatic rings. The number of hydrogen-bond acceptors (Lipinski definition) is 2. The van der Waals surface area contributed by atoms with Crippen molar-refractivity contribution in [2.75, 3.05) is 11.5 Å². The third-order valence-corrected chi connectivity index (χ3v) is 2.27. The van der Waals surface area contributed by atoms with Gasteiger partial charge in [0.05, 0.1) is 11.4 Å². The van der Waals surface area contributed by atoms with Crippen LogP contribution in [0.2, 0.25) is 0 Å². The van der Waals surface area contributed by atoms with E-state index in [2.05, 4.69) is 0 Å². The number of rotatable bonds is 2. The quantitative estimate of drug-likeness (QED) is 0.575. The molecule has 0 saturated carbocycles. The van der Waals surface area contributed by atoms with E-state index in [0.717, 1.165) is 11.1 Å². The topological polar surface area (TPSA) is 52.0 Å². The number of nitrogen functional groups attached to an aromatic ring is 2. The monoisotopic (exact) mass is 204 g/mol. The highest BCUT2D eigenvalue weighted by molar-refractivity contribution is 6.18. The third kappa shape index (κ3) is 1.76. The van der Waals surface area contributed by atoms with Crippen molar-refractivity contribution in [3.63, 3.8) is 0 Å². The summed E-state index contributed by atoms with van der Waals surface area (Å²) >= 11 is 11.4. The molecule has 0 atom stereocenters. The Hall–Kier alpha value is -0.600. The Kier molecular flexibility index (Phi) is 3.06. The molecule has 1 aromatic carbocycles. The molecule has 0 unspecified atom stereocenters. The lowest BCUT2D eigenvalue weighted by Gasteiger charge is -2.07. The summed E-state index contributed by atoms with van der Waals surface area (Å²) < 4.78 is 0. The van der Waals surface area contributed by atoms with Crippen LogP contribution in [0.15, 0.2) is 12.1 Å². The van der Waals surface area contributed by atoms with E-state index in [-0.39, 0.29) is 0 Å². The highest BCUT2D eigenvalue weighted by Gasteiger charge is 2.03. The molecule has 0 aliphatic carbocycles. The van der Waals surface area contributed by atoms with Gasteiger partial charge in [0.1, 0.15) is 0 Å². The van der Waals surface area contributed by atoms with Crippen LogP contribution in [0.25, 0.3) is 0 Å². The molecule has 0 aromatic heterocycles. The summed E-state index contributed by atoms with van der Waals surface area (Å²) in [6, 6.07) is 3.53. The second-order valence-corrected chi connectivity index (χ2v) is 3.05. The fourth-order valence-corrected chi connectivity index (χ4v) is 1.47. The lowest BCUT2D eigenvalue weighted by molar-refractivity contribution is 1.27. The molecular weight excluding hydrogens is 195 g/mol. The van der Waals surface area contributed by atoms with E-state index in [4.69, 9.17) is 34.7 Å². The van der Waals surface area contributed by atoms with Gasteiger partial charge in [-0.1, -0.05) is 0 Å². The maximum Gasteiger partial charge on any atom is 0.0551 e. The second-order valence-electron chi connectivity index (χ2n) is 2.52. The van der Waals surface area contributed by atoms with Gasteiger partial charge < -0.3 is 11.5 Å². The predicted octanol–water partition coefficient (Wildman–Crippen LogP) is 2.33. The second kappa shape index (κ2) is 3.87. The van der Waals surface area contributed by atoms with E-state index >= 15 is 0 Å². The molecular formula is C8H10Cl2N2. The van der Waals surface area contributed by atoms with Gasteiger partial charge in [0.2, 0.25) is 0 Å². The van der Waals surface area contributed by atoms with Gasteiger partial charge in [0, 0.05) is 11.8 Å². The fraction of sp³-hybridized carbons (Fsp3) is 0.250. The zero-order valence-corrected chi connectivity index (χ0v) is 7.99. The highest BCUT2D eigenvalue weighted by atomic mass is 35.5. The zero-order chi connectivity index (χ0) is 9.14. The molecule has 4 N–H and O–H groups in total. The first-order valence-corrected chi connectivity index (χ1v) is 4.54. The van der Waals surface area contributed by atoms with E-state index in [1.54, 1.807) is 12.1 Å². The summed E-state index contributed by atoms with van der Waals surface area (Å²) in [6.45, 7) is 0. The largest absolute Gasteiger partial charge is 0.397 e. The minimum Gasteiger partial charge on any atom is -0.397 e. The first-order chi connectivity index (χ1) is 5.69. The van der Waals surface area contributed by atoms with E-state index in [0.29, 0.717) is 23.1 Å². The van der Waals surface area contributed by atoms with E-state index in [1.165, 1.54) is 0 Å². The number of nitrogens with two attached hydrogens (primary N) is 2. The first-order valence-electron chi connectivity index (χ1n) is 3.47. The van der Waals surface area contributed by atoms with Gasteiger partial charge >= 0.3 is 0 Å². The van der Waals surface area contributed by atoms with Gasteiger partial charge in [-0.25, -0.2) is 0 Å². The number of hydrogen-bond donors (Lipinski definition) is 2. The Morgan fingerprint density at radius 3 is 1.50 bits per heavy atom. The van der Waals surface area contributed by atoms with E-state index in [9.17, 15) is 0 Å². The summed E-state index contributed by atoms with van der Waals surface area (Å²) in [4.78, 5) is 0. The molecule has 0 heterocycles. The van der Waals surface area contributed by atoms with Gasteiger partial charge in [-0.3, -0.25) is 0 Å². The van der Waals surface area contributed by atoms with Gasteiger partial charge in [-0.05, 0) is 23.3 Å². The molecule has 12 heavy (non-hydrogen) atoms. The molecule has 0 aliphatic heterocycles. The van der Waals surface area contributed by atoms with Crippen molar-refractivity contribution in [1.82, 2.24) is 0 Å². The summed E-state index contributed by atoms with van der Waals surface area (Å²) in [5, 5.41) is 0. The van der Waals surface area contributed by atoms with Crippen molar-refractivity contribution < 1.29 is 0 Å².